The van der Waals surface area contributed by atoms with Gasteiger partial charge in [0.15, 0.2) is 5.75 Å². The molecule has 0 bridgehead atoms. The summed E-state index contributed by atoms with van der Waals surface area (Å²) in [5.41, 5.74) is 0.0931. The molecule has 0 amide bonds. The van der Waals surface area contributed by atoms with Crippen LogP contribution in [0.25, 0.3) is 0 Å². The second-order valence-electron chi connectivity index (χ2n) is 4.49. The average molecular weight is 276 g/mol. The lowest BCUT2D eigenvalue weighted by Gasteiger charge is -2.26. The van der Waals surface area contributed by atoms with Gasteiger partial charge in [-0.25, -0.2) is 0 Å². The van der Waals surface area contributed by atoms with Crippen molar-refractivity contribution in [2.45, 2.75) is 0 Å². The number of rotatable bonds is 5. The van der Waals surface area contributed by atoms with Gasteiger partial charge < -0.3 is 10.1 Å². The number of hydrogen-bond acceptors (Lipinski definition) is 6. The van der Waals surface area contributed by atoms with Crippen molar-refractivity contribution >= 4 is 5.69 Å². The van der Waals surface area contributed by atoms with Gasteiger partial charge in [-0.05, 0) is 12.1 Å². The highest BCUT2D eigenvalue weighted by Crippen LogP contribution is 2.27. The molecule has 1 fully saturated rings. The number of nitriles is 1. The summed E-state index contributed by atoms with van der Waals surface area (Å²) in [7, 11) is 0. The van der Waals surface area contributed by atoms with E-state index in [0.717, 1.165) is 32.7 Å². The maximum atomic E-state index is 11.0. The third-order valence-electron chi connectivity index (χ3n) is 3.16. The van der Waals surface area contributed by atoms with Crippen LogP contribution in [0.2, 0.25) is 0 Å². The SMILES string of the molecule is N#Cc1ccc(OCCN2CCNCC2)c([N+](=O)[O-])c1. The van der Waals surface area contributed by atoms with E-state index in [4.69, 9.17) is 10.00 Å². The van der Waals surface area contributed by atoms with Gasteiger partial charge >= 0.3 is 5.69 Å². The number of benzene rings is 1. The van der Waals surface area contributed by atoms with Crippen LogP contribution in [0.15, 0.2) is 18.2 Å². The van der Waals surface area contributed by atoms with Crippen LogP contribution < -0.4 is 10.1 Å². The van der Waals surface area contributed by atoms with Crippen LogP contribution in [-0.2, 0) is 0 Å². The molecule has 1 aromatic carbocycles. The Morgan fingerprint density at radius 2 is 2.20 bits per heavy atom. The first-order chi connectivity index (χ1) is 9.70. The topological polar surface area (TPSA) is 91.4 Å². The summed E-state index contributed by atoms with van der Waals surface area (Å²) >= 11 is 0. The van der Waals surface area contributed by atoms with E-state index < -0.39 is 4.92 Å². The van der Waals surface area contributed by atoms with Crippen LogP contribution in [0, 0.1) is 21.4 Å². The molecule has 1 N–H and O–H groups in total. The van der Waals surface area contributed by atoms with Gasteiger partial charge in [-0.1, -0.05) is 0 Å². The molecular weight excluding hydrogens is 260 g/mol. The van der Waals surface area contributed by atoms with Crippen LogP contribution in [0.5, 0.6) is 5.75 Å². The zero-order valence-corrected chi connectivity index (χ0v) is 11.0. The second-order valence-corrected chi connectivity index (χ2v) is 4.49. The maximum absolute atomic E-state index is 11.0. The van der Waals surface area contributed by atoms with Crippen molar-refractivity contribution in [3.63, 3.8) is 0 Å². The Hall–Kier alpha value is -2.17. The number of piperazine rings is 1. The number of nitro groups is 1. The fourth-order valence-electron chi connectivity index (χ4n) is 2.07. The molecular formula is C13H16N4O3. The van der Waals surface area contributed by atoms with E-state index in [2.05, 4.69) is 10.2 Å². The number of nitro benzene ring substituents is 1. The number of hydrogen-bond donors (Lipinski definition) is 1. The van der Waals surface area contributed by atoms with Crippen LogP contribution in [0.4, 0.5) is 5.69 Å². The van der Waals surface area contributed by atoms with E-state index >= 15 is 0 Å². The predicted octanol–water partition coefficient (Wildman–Crippen LogP) is 0.750. The van der Waals surface area contributed by atoms with Gasteiger partial charge in [0.05, 0.1) is 16.6 Å². The molecule has 0 radical (unpaired) electrons. The molecule has 0 aromatic heterocycles. The van der Waals surface area contributed by atoms with Gasteiger partial charge in [0, 0.05) is 38.8 Å². The van der Waals surface area contributed by atoms with E-state index in [1.807, 2.05) is 6.07 Å². The summed E-state index contributed by atoms with van der Waals surface area (Å²) < 4.78 is 5.49. The van der Waals surface area contributed by atoms with Gasteiger partial charge in [0.1, 0.15) is 6.61 Å². The third kappa shape index (κ3) is 3.66. The average Bonchev–Trinajstić information content (AvgIpc) is 2.48. The Bertz CT molecular complexity index is 521. The molecule has 1 saturated heterocycles. The maximum Gasteiger partial charge on any atom is 0.312 e. The van der Waals surface area contributed by atoms with E-state index in [1.165, 1.54) is 18.2 Å². The third-order valence-corrected chi connectivity index (χ3v) is 3.16. The van der Waals surface area contributed by atoms with Gasteiger partial charge in [0.25, 0.3) is 0 Å². The standard InChI is InChI=1S/C13H16N4O3/c14-10-11-1-2-13(12(9-11)17(18)19)20-8-7-16-5-3-15-4-6-16/h1-2,9,15H,3-8H2. The minimum Gasteiger partial charge on any atom is -0.485 e. The summed E-state index contributed by atoms with van der Waals surface area (Å²) in [6.45, 7) is 4.96. The lowest BCUT2D eigenvalue weighted by Crippen LogP contribution is -2.44. The van der Waals surface area contributed by atoms with Crippen molar-refractivity contribution in [3.05, 3.63) is 33.9 Å². The molecule has 0 saturated carbocycles. The minimum atomic E-state index is -0.527. The first-order valence-corrected chi connectivity index (χ1v) is 6.45. The Morgan fingerprint density at radius 3 is 2.85 bits per heavy atom. The molecule has 1 aromatic rings. The molecule has 106 valence electrons. The van der Waals surface area contributed by atoms with Gasteiger partial charge in [0.2, 0.25) is 0 Å². The molecule has 0 spiro atoms. The summed E-state index contributed by atoms with van der Waals surface area (Å²) in [6, 6.07) is 6.12. The first kappa shape index (κ1) is 14.2. The molecule has 7 heteroatoms. The van der Waals surface area contributed by atoms with E-state index in [0.29, 0.717) is 6.61 Å². The lowest BCUT2D eigenvalue weighted by atomic mass is 10.2. The minimum absolute atomic E-state index is 0.163. The normalized spacial score (nSPS) is 15.6. The fraction of sp³-hybridized carbons (Fsp3) is 0.462. The Labute approximate surface area is 116 Å². The highest BCUT2D eigenvalue weighted by Gasteiger charge is 2.16. The summed E-state index contributed by atoms with van der Waals surface area (Å²) in [6.07, 6.45) is 0. The van der Waals surface area contributed by atoms with Crippen molar-refractivity contribution in [1.29, 1.82) is 5.26 Å². The molecule has 0 unspecified atom stereocenters. The van der Waals surface area contributed by atoms with E-state index in [-0.39, 0.29) is 17.0 Å². The highest BCUT2D eigenvalue weighted by atomic mass is 16.6. The first-order valence-electron chi connectivity index (χ1n) is 6.45. The van der Waals surface area contributed by atoms with Crippen molar-refractivity contribution in [1.82, 2.24) is 10.2 Å². The zero-order chi connectivity index (χ0) is 14.4. The zero-order valence-electron chi connectivity index (χ0n) is 11.0. The van der Waals surface area contributed by atoms with Crippen molar-refractivity contribution in [2.24, 2.45) is 0 Å². The smallest absolute Gasteiger partial charge is 0.312 e. The number of ether oxygens (including phenoxy) is 1. The summed E-state index contributed by atoms with van der Waals surface area (Å²) in [5.74, 6) is 0.212. The van der Waals surface area contributed by atoms with E-state index in [9.17, 15) is 10.1 Å². The molecule has 2 rings (SSSR count). The van der Waals surface area contributed by atoms with Crippen LogP contribution in [0.1, 0.15) is 5.56 Å². The lowest BCUT2D eigenvalue weighted by molar-refractivity contribution is -0.385. The highest BCUT2D eigenvalue weighted by molar-refractivity contribution is 5.51. The Morgan fingerprint density at radius 1 is 1.45 bits per heavy atom. The van der Waals surface area contributed by atoms with Crippen LogP contribution >= 0.6 is 0 Å². The molecule has 1 heterocycles. The van der Waals surface area contributed by atoms with Crippen molar-refractivity contribution < 1.29 is 9.66 Å². The van der Waals surface area contributed by atoms with Gasteiger partial charge in [-0.3, -0.25) is 15.0 Å². The van der Waals surface area contributed by atoms with Gasteiger partial charge in [-0.2, -0.15) is 5.26 Å². The molecule has 1 aliphatic rings. The molecule has 0 atom stereocenters. The quantitative estimate of drug-likeness (QED) is 0.630. The fourth-order valence-corrected chi connectivity index (χ4v) is 2.07. The van der Waals surface area contributed by atoms with Crippen LogP contribution in [-0.4, -0.2) is 49.2 Å². The van der Waals surface area contributed by atoms with Gasteiger partial charge in [-0.15, -0.1) is 0 Å². The Balaban J connectivity index is 1.94. The predicted molar refractivity (Wildman–Crippen MR) is 72.6 cm³/mol. The molecule has 1 aliphatic heterocycles. The summed E-state index contributed by atoms with van der Waals surface area (Å²) in [5, 5.41) is 23.0. The van der Waals surface area contributed by atoms with E-state index in [1.54, 1.807) is 0 Å². The number of nitrogens with zero attached hydrogens (tertiary/aromatic N) is 3. The summed E-state index contributed by atoms with van der Waals surface area (Å²) in [4.78, 5) is 12.7. The van der Waals surface area contributed by atoms with Crippen LogP contribution in [0.3, 0.4) is 0 Å². The van der Waals surface area contributed by atoms with Crippen molar-refractivity contribution in [2.75, 3.05) is 39.3 Å². The Kier molecular flexibility index (Phi) is 4.87. The molecule has 7 nitrogen and oxygen atoms in total. The van der Waals surface area contributed by atoms with Crippen molar-refractivity contribution in [3.8, 4) is 11.8 Å². The second kappa shape index (κ2) is 6.84. The number of nitrogens with one attached hydrogen (secondary N) is 1. The molecule has 20 heavy (non-hydrogen) atoms. The molecule has 0 aliphatic carbocycles. The monoisotopic (exact) mass is 276 g/mol. The largest absolute Gasteiger partial charge is 0.485 e.